The van der Waals surface area contributed by atoms with Crippen molar-refractivity contribution in [3.05, 3.63) is 41.7 Å². The number of aromatic nitrogens is 3. The number of benzene rings is 1. The third-order valence-electron chi connectivity index (χ3n) is 4.62. The van der Waals surface area contributed by atoms with Crippen molar-refractivity contribution in [3.63, 3.8) is 0 Å². The first-order chi connectivity index (χ1) is 14.0. The summed E-state index contributed by atoms with van der Waals surface area (Å²) >= 11 is 0.858. The van der Waals surface area contributed by atoms with Gasteiger partial charge in [-0.25, -0.2) is 13.8 Å². The van der Waals surface area contributed by atoms with Crippen molar-refractivity contribution in [3.8, 4) is 10.6 Å². The topological polar surface area (TPSA) is 101 Å². The van der Waals surface area contributed by atoms with Crippen molar-refractivity contribution < 1.29 is 13.6 Å². The van der Waals surface area contributed by atoms with Gasteiger partial charge < -0.3 is 21.3 Å². The lowest BCUT2D eigenvalue weighted by Gasteiger charge is -2.29. The number of carbonyl (C=O) groups is 1. The Morgan fingerprint density at radius 1 is 1.28 bits per heavy atom. The molecule has 3 aromatic rings. The van der Waals surface area contributed by atoms with Crippen molar-refractivity contribution in [2.45, 2.75) is 0 Å². The zero-order chi connectivity index (χ0) is 20.5. The quantitative estimate of drug-likeness (QED) is 0.599. The second-order valence-electron chi connectivity index (χ2n) is 6.53. The SMILES string of the molecule is Cn1ncc(NC(=O)c2nc(-c3c(F)cccc3F)sc2N)c1N1CCNCC1. The monoisotopic (exact) mass is 419 g/mol. The van der Waals surface area contributed by atoms with E-state index in [1.54, 1.807) is 17.9 Å². The van der Waals surface area contributed by atoms with Gasteiger partial charge in [0.05, 0.1) is 11.8 Å². The minimum atomic E-state index is -0.765. The highest BCUT2D eigenvalue weighted by Crippen LogP contribution is 2.34. The number of anilines is 3. The Kier molecular flexibility index (Phi) is 5.16. The van der Waals surface area contributed by atoms with Crippen LogP contribution < -0.4 is 21.3 Å². The van der Waals surface area contributed by atoms with Crippen LogP contribution in [0.2, 0.25) is 0 Å². The van der Waals surface area contributed by atoms with E-state index in [-0.39, 0.29) is 21.3 Å². The molecule has 0 aliphatic carbocycles. The van der Waals surface area contributed by atoms with E-state index in [9.17, 15) is 13.6 Å². The second kappa shape index (κ2) is 7.76. The molecule has 4 N–H and O–H groups in total. The van der Waals surface area contributed by atoms with Crippen molar-refractivity contribution >= 4 is 33.8 Å². The van der Waals surface area contributed by atoms with E-state index in [4.69, 9.17) is 5.73 Å². The van der Waals surface area contributed by atoms with Crippen molar-refractivity contribution in [1.29, 1.82) is 0 Å². The summed E-state index contributed by atoms with van der Waals surface area (Å²) in [5, 5.41) is 10.4. The largest absolute Gasteiger partial charge is 0.389 e. The summed E-state index contributed by atoms with van der Waals surface area (Å²) < 4.78 is 29.8. The molecule has 1 fully saturated rings. The Labute approximate surface area is 169 Å². The molecule has 4 rings (SSSR count). The predicted octanol–water partition coefficient (Wildman–Crippen LogP) is 2.07. The van der Waals surface area contributed by atoms with Crippen LogP contribution in [0.1, 0.15) is 10.5 Å². The molecule has 0 unspecified atom stereocenters. The number of nitrogens with zero attached hydrogens (tertiary/aromatic N) is 4. The summed E-state index contributed by atoms with van der Waals surface area (Å²) in [4.78, 5) is 19.0. The molecule has 0 radical (unpaired) electrons. The van der Waals surface area contributed by atoms with E-state index < -0.39 is 17.5 Å². The molecule has 1 aromatic carbocycles. The summed E-state index contributed by atoms with van der Waals surface area (Å²) in [7, 11) is 1.79. The number of amides is 1. The van der Waals surface area contributed by atoms with Crippen LogP contribution in [0.4, 0.5) is 25.3 Å². The average molecular weight is 419 g/mol. The molecule has 11 heteroatoms. The number of hydrogen-bond donors (Lipinski definition) is 3. The van der Waals surface area contributed by atoms with E-state index in [1.165, 1.54) is 6.07 Å². The average Bonchev–Trinajstić information content (AvgIpc) is 3.25. The highest BCUT2D eigenvalue weighted by molar-refractivity contribution is 7.19. The van der Waals surface area contributed by atoms with Crippen LogP contribution in [0.3, 0.4) is 0 Å². The van der Waals surface area contributed by atoms with E-state index in [0.717, 1.165) is 55.5 Å². The van der Waals surface area contributed by atoms with Crippen LogP contribution in [0.15, 0.2) is 24.4 Å². The molecule has 1 aliphatic heterocycles. The Morgan fingerprint density at radius 2 is 1.97 bits per heavy atom. The van der Waals surface area contributed by atoms with Gasteiger partial charge >= 0.3 is 0 Å². The van der Waals surface area contributed by atoms with Gasteiger partial charge in [-0.05, 0) is 12.1 Å². The molecule has 2 aromatic heterocycles. The van der Waals surface area contributed by atoms with Gasteiger partial charge in [0.2, 0.25) is 0 Å². The van der Waals surface area contributed by atoms with Gasteiger partial charge in [-0.15, -0.1) is 0 Å². The van der Waals surface area contributed by atoms with Crippen LogP contribution in [0.5, 0.6) is 0 Å². The molecule has 1 amide bonds. The molecule has 8 nitrogen and oxygen atoms in total. The Morgan fingerprint density at radius 3 is 2.66 bits per heavy atom. The summed E-state index contributed by atoms with van der Waals surface area (Å²) in [5.41, 5.74) is 6.07. The van der Waals surface area contributed by atoms with Crippen molar-refractivity contribution in [2.24, 2.45) is 7.05 Å². The third kappa shape index (κ3) is 3.66. The molecule has 29 heavy (non-hydrogen) atoms. The first-order valence-electron chi connectivity index (χ1n) is 8.95. The molecule has 0 atom stereocenters. The summed E-state index contributed by atoms with van der Waals surface area (Å²) in [5.74, 6) is -1.32. The van der Waals surface area contributed by atoms with Gasteiger partial charge in [-0.2, -0.15) is 5.10 Å². The maximum Gasteiger partial charge on any atom is 0.277 e. The number of nitrogen functional groups attached to an aromatic ring is 1. The fourth-order valence-corrected chi connectivity index (χ4v) is 4.13. The number of piperazine rings is 1. The number of rotatable bonds is 4. The van der Waals surface area contributed by atoms with Crippen LogP contribution >= 0.6 is 11.3 Å². The normalized spacial score (nSPS) is 14.2. The lowest BCUT2D eigenvalue weighted by molar-refractivity contribution is 0.102. The summed E-state index contributed by atoms with van der Waals surface area (Å²) in [6, 6.07) is 3.52. The lowest BCUT2D eigenvalue weighted by atomic mass is 10.2. The Hall–Kier alpha value is -3.05. The molecule has 3 heterocycles. The predicted molar refractivity (Wildman–Crippen MR) is 108 cm³/mol. The van der Waals surface area contributed by atoms with Gasteiger partial charge in [-0.3, -0.25) is 9.48 Å². The minimum Gasteiger partial charge on any atom is -0.389 e. The molecular formula is C18H19F2N7OS. The number of nitrogens with one attached hydrogen (secondary N) is 2. The van der Waals surface area contributed by atoms with Crippen molar-refractivity contribution in [2.75, 3.05) is 42.1 Å². The van der Waals surface area contributed by atoms with Gasteiger partial charge in [0.15, 0.2) is 11.5 Å². The first kappa shape index (κ1) is 19.3. The van der Waals surface area contributed by atoms with Gasteiger partial charge in [0, 0.05) is 33.2 Å². The zero-order valence-electron chi connectivity index (χ0n) is 15.6. The molecule has 1 saturated heterocycles. The molecule has 0 saturated carbocycles. The highest BCUT2D eigenvalue weighted by atomic mass is 32.1. The minimum absolute atomic E-state index is 0.0109. The number of nitrogens with two attached hydrogens (primary N) is 1. The third-order valence-corrected chi connectivity index (χ3v) is 5.52. The molecule has 0 bridgehead atoms. The highest BCUT2D eigenvalue weighted by Gasteiger charge is 2.24. The van der Waals surface area contributed by atoms with Crippen LogP contribution in [-0.4, -0.2) is 46.9 Å². The maximum absolute atomic E-state index is 14.1. The van der Waals surface area contributed by atoms with E-state index in [1.807, 2.05) is 0 Å². The molecule has 152 valence electrons. The summed E-state index contributed by atoms with van der Waals surface area (Å²) in [6.07, 6.45) is 1.55. The van der Waals surface area contributed by atoms with E-state index in [0.29, 0.717) is 5.69 Å². The summed E-state index contributed by atoms with van der Waals surface area (Å²) in [6.45, 7) is 3.21. The molecular weight excluding hydrogens is 400 g/mol. The maximum atomic E-state index is 14.1. The standard InChI is InChI=1S/C18H19F2N7OS/c1-26-18(27-7-5-22-6-8-27)12(9-23-26)24-16(28)14-15(21)29-17(25-14)13-10(19)3-2-4-11(13)20/h2-4,9,22H,5-8,21H2,1H3,(H,24,28). The van der Waals surface area contributed by atoms with Crippen LogP contribution in [-0.2, 0) is 7.05 Å². The number of carbonyl (C=O) groups excluding carboxylic acids is 1. The Balaban J connectivity index is 1.61. The first-order valence-corrected chi connectivity index (χ1v) is 9.77. The number of halogens is 2. The van der Waals surface area contributed by atoms with Gasteiger partial charge in [0.25, 0.3) is 5.91 Å². The van der Waals surface area contributed by atoms with E-state index >= 15 is 0 Å². The molecule has 1 aliphatic rings. The van der Waals surface area contributed by atoms with Gasteiger partial charge in [-0.1, -0.05) is 17.4 Å². The fourth-order valence-electron chi connectivity index (χ4n) is 3.26. The Bertz CT molecular complexity index is 1040. The lowest BCUT2D eigenvalue weighted by Crippen LogP contribution is -2.44. The van der Waals surface area contributed by atoms with Gasteiger partial charge in [0.1, 0.15) is 27.3 Å². The second-order valence-corrected chi connectivity index (χ2v) is 7.56. The number of aryl methyl sites for hydroxylation is 1. The zero-order valence-corrected chi connectivity index (χ0v) is 16.4. The number of thiazole rings is 1. The van der Waals surface area contributed by atoms with E-state index in [2.05, 4.69) is 25.6 Å². The van der Waals surface area contributed by atoms with Crippen LogP contribution in [0.25, 0.3) is 10.6 Å². The molecule has 0 spiro atoms. The van der Waals surface area contributed by atoms with Crippen LogP contribution in [0, 0.1) is 11.6 Å². The van der Waals surface area contributed by atoms with Crippen molar-refractivity contribution in [1.82, 2.24) is 20.1 Å². The smallest absolute Gasteiger partial charge is 0.277 e. The number of hydrogen-bond acceptors (Lipinski definition) is 7. The fraction of sp³-hybridized carbons (Fsp3) is 0.278.